The van der Waals surface area contributed by atoms with Crippen molar-refractivity contribution in [3.63, 3.8) is 0 Å². The van der Waals surface area contributed by atoms with Crippen LogP contribution in [0, 0.1) is 5.82 Å². The van der Waals surface area contributed by atoms with Crippen LogP contribution in [-0.4, -0.2) is 65.2 Å². The van der Waals surface area contributed by atoms with Gasteiger partial charge in [-0.15, -0.1) is 0 Å². The molecule has 6 rings (SSSR count). The van der Waals surface area contributed by atoms with Crippen LogP contribution in [0.2, 0.25) is 5.02 Å². The average molecular weight is 601 g/mol. The highest BCUT2D eigenvalue weighted by atomic mass is 35.5. The van der Waals surface area contributed by atoms with E-state index in [0.717, 1.165) is 55.0 Å². The molecule has 11 heteroatoms. The molecule has 43 heavy (non-hydrogen) atoms. The third-order valence-corrected chi connectivity index (χ3v) is 7.47. The van der Waals surface area contributed by atoms with Gasteiger partial charge in [-0.25, -0.2) is 14.4 Å². The minimum absolute atomic E-state index is 0.147. The van der Waals surface area contributed by atoms with Gasteiger partial charge in [0.25, 0.3) is 5.91 Å². The second-order valence-electron chi connectivity index (χ2n) is 10.1. The number of carbonyl (C=O) groups is 1. The Balaban J connectivity index is 1.13. The Bertz CT molecular complexity index is 1740. The minimum atomic E-state index is -0.315. The zero-order valence-corrected chi connectivity index (χ0v) is 24.0. The van der Waals surface area contributed by atoms with Crippen LogP contribution in [0.4, 0.5) is 15.9 Å². The molecule has 1 fully saturated rings. The molecule has 0 bridgehead atoms. The second-order valence-corrected chi connectivity index (χ2v) is 10.5. The average Bonchev–Trinajstić information content (AvgIpc) is 3.52. The summed E-state index contributed by atoms with van der Waals surface area (Å²) in [5.74, 6) is 0.624. The van der Waals surface area contributed by atoms with E-state index in [9.17, 15) is 9.18 Å². The summed E-state index contributed by atoms with van der Waals surface area (Å²) in [4.78, 5) is 27.1. The summed E-state index contributed by atoms with van der Waals surface area (Å²) >= 11 is 6.50. The highest BCUT2D eigenvalue weighted by Gasteiger charge is 2.14. The molecule has 0 radical (unpaired) electrons. The molecular formula is C32H30ClFN6O3. The molecule has 2 aromatic heterocycles. The van der Waals surface area contributed by atoms with Gasteiger partial charge in [0, 0.05) is 42.9 Å². The Labute approximate surface area is 253 Å². The fraction of sp³-hybridized carbons (Fsp3) is 0.219. The number of hydrogen-bond donors (Lipinski definition) is 3. The number of nitrogens with one attached hydrogen (secondary N) is 3. The summed E-state index contributed by atoms with van der Waals surface area (Å²) in [5, 5.41) is 7.51. The Hall–Kier alpha value is -4.51. The number of amides is 1. The number of aromatic nitrogens is 3. The van der Waals surface area contributed by atoms with Crippen molar-refractivity contribution < 1.29 is 18.7 Å². The predicted octanol–water partition coefficient (Wildman–Crippen LogP) is 5.80. The summed E-state index contributed by atoms with van der Waals surface area (Å²) in [6.07, 6.45) is 1.50. The van der Waals surface area contributed by atoms with Gasteiger partial charge >= 0.3 is 0 Å². The lowest BCUT2D eigenvalue weighted by molar-refractivity contribution is 0.0383. The van der Waals surface area contributed by atoms with E-state index in [0.29, 0.717) is 40.1 Å². The van der Waals surface area contributed by atoms with Crippen molar-refractivity contribution in [2.75, 3.05) is 44.7 Å². The quantitative estimate of drug-likeness (QED) is 0.186. The van der Waals surface area contributed by atoms with Crippen LogP contribution in [0.15, 0.2) is 79.1 Å². The molecule has 5 aromatic rings. The minimum Gasteiger partial charge on any atom is -0.487 e. The number of rotatable bonds is 10. The molecule has 1 saturated heterocycles. The first-order valence-electron chi connectivity index (χ1n) is 14.0. The van der Waals surface area contributed by atoms with Crippen LogP contribution in [0.5, 0.6) is 5.75 Å². The van der Waals surface area contributed by atoms with Crippen molar-refractivity contribution >= 4 is 39.9 Å². The lowest BCUT2D eigenvalue weighted by Gasteiger charge is -2.26. The van der Waals surface area contributed by atoms with Crippen LogP contribution in [0.3, 0.4) is 0 Å². The van der Waals surface area contributed by atoms with Crippen LogP contribution >= 0.6 is 11.6 Å². The van der Waals surface area contributed by atoms with Gasteiger partial charge in [-0.2, -0.15) is 0 Å². The van der Waals surface area contributed by atoms with Crippen LogP contribution in [0.25, 0.3) is 22.2 Å². The van der Waals surface area contributed by atoms with Crippen LogP contribution < -0.4 is 15.4 Å². The first kappa shape index (κ1) is 28.6. The Morgan fingerprint density at radius 1 is 1.05 bits per heavy atom. The van der Waals surface area contributed by atoms with E-state index < -0.39 is 0 Å². The van der Waals surface area contributed by atoms with Crippen LogP contribution in [0.1, 0.15) is 16.1 Å². The molecule has 3 N–H and O–H groups in total. The molecule has 0 atom stereocenters. The van der Waals surface area contributed by atoms with E-state index in [4.69, 9.17) is 21.1 Å². The second kappa shape index (κ2) is 13.2. The van der Waals surface area contributed by atoms with Gasteiger partial charge in [-0.05, 0) is 65.7 Å². The fourth-order valence-electron chi connectivity index (χ4n) is 4.89. The van der Waals surface area contributed by atoms with Crippen molar-refractivity contribution in [2.24, 2.45) is 0 Å². The predicted molar refractivity (Wildman–Crippen MR) is 164 cm³/mol. The van der Waals surface area contributed by atoms with E-state index in [-0.39, 0.29) is 18.3 Å². The van der Waals surface area contributed by atoms with E-state index in [1.807, 2.05) is 30.3 Å². The zero-order valence-electron chi connectivity index (χ0n) is 23.3. The van der Waals surface area contributed by atoms with E-state index >= 15 is 0 Å². The molecule has 0 spiro atoms. The van der Waals surface area contributed by atoms with E-state index in [1.165, 1.54) is 18.5 Å². The molecule has 220 valence electrons. The largest absolute Gasteiger partial charge is 0.487 e. The molecule has 0 unspecified atom stereocenters. The monoisotopic (exact) mass is 600 g/mol. The van der Waals surface area contributed by atoms with Crippen LogP contribution in [-0.2, 0) is 11.3 Å². The summed E-state index contributed by atoms with van der Waals surface area (Å²) in [6.45, 7) is 4.79. The highest BCUT2D eigenvalue weighted by molar-refractivity contribution is 6.32. The maximum atomic E-state index is 13.5. The van der Waals surface area contributed by atoms with Gasteiger partial charge in [-0.1, -0.05) is 29.8 Å². The van der Waals surface area contributed by atoms with Gasteiger partial charge in [0.2, 0.25) is 0 Å². The lowest BCUT2D eigenvalue weighted by atomic mass is 10.1. The normalized spacial score (nSPS) is 13.6. The van der Waals surface area contributed by atoms with Gasteiger partial charge in [0.15, 0.2) is 0 Å². The third-order valence-electron chi connectivity index (χ3n) is 7.17. The third kappa shape index (κ3) is 7.11. The molecule has 0 saturated carbocycles. The summed E-state index contributed by atoms with van der Waals surface area (Å²) < 4.78 is 24.6. The van der Waals surface area contributed by atoms with Gasteiger partial charge in [-0.3, -0.25) is 9.69 Å². The number of hydrogen-bond acceptors (Lipinski definition) is 7. The smallest absolute Gasteiger partial charge is 0.267 e. The number of halogens is 2. The van der Waals surface area contributed by atoms with Crippen molar-refractivity contribution in [3.8, 4) is 17.0 Å². The maximum Gasteiger partial charge on any atom is 0.267 e. The summed E-state index contributed by atoms with van der Waals surface area (Å²) in [6, 6.07) is 21.1. The number of anilines is 2. The highest BCUT2D eigenvalue weighted by Crippen LogP contribution is 2.32. The van der Waals surface area contributed by atoms with Crippen molar-refractivity contribution in [1.29, 1.82) is 0 Å². The lowest BCUT2D eigenvalue weighted by Crippen LogP contribution is -2.41. The molecule has 3 heterocycles. The van der Waals surface area contributed by atoms with Crippen molar-refractivity contribution in [3.05, 3.63) is 101 Å². The Kier molecular flexibility index (Phi) is 8.78. The van der Waals surface area contributed by atoms with Crippen molar-refractivity contribution in [2.45, 2.75) is 6.61 Å². The number of H-pyrrole nitrogens is 1. The molecule has 0 aliphatic carbocycles. The number of aromatic amines is 1. The Morgan fingerprint density at radius 3 is 2.77 bits per heavy atom. The number of benzene rings is 3. The SMILES string of the molecule is O=C(NCCN1CCOCC1)c1ccc(-c2ccc3ncnc(Nc4ccc(OCc5cccc(F)c5)c(Cl)c4)c3c2)[nH]1. The van der Waals surface area contributed by atoms with E-state index in [2.05, 4.69) is 30.5 Å². The van der Waals surface area contributed by atoms with Gasteiger partial charge in [0.05, 0.1) is 23.8 Å². The number of ether oxygens (including phenoxy) is 2. The van der Waals surface area contributed by atoms with Gasteiger partial charge in [0.1, 0.15) is 36.0 Å². The van der Waals surface area contributed by atoms with E-state index in [1.54, 1.807) is 30.3 Å². The number of carbonyl (C=O) groups excluding carboxylic acids is 1. The number of morpholine rings is 1. The Morgan fingerprint density at radius 2 is 1.93 bits per heavy atom. The summed E-state index contributed by atoms with van der Waals surface area (Å²) in [5.41, 5.74) is 4.36. The standard InChI is InChI=1S/C32H30ClFN6O3/c33-26-18-24(5-9-30(26)43-19-21-2-1-3-23(34)16-21)38-31-25-17-22(4-6-28(25)36-20-37-31)27-7-8-29(39-27)32(41)35-10-11-40-12-14-42-15-13-40/h1-9,16-18,20,39H,10-15,19H2,(H,35,41)(H,36,37,38). The number of nitrogens with zero attached hydrogens (tertiary/aromatic N) is 3. The summed E-state index contributed by atoms with van der Waals surface area (Å²) in [7, 11) is 0. The first-order chi connectivity index (χ1) is 21.0. The molecular weight excluding hydrogens is 571 g/mol. The maximum absolute atomic E-state index is 13.5. The molecule has 1 amide bonds. The fourth-order valence-corrected chi connectivity index (χ4v) is 5.12. The first-order valence-corrected chi connectivity index (χ1v) is 14.4. The number of fused-ring (bicyclic) bond motifs is 1. The molecule has 1 aliphatic rings. The molecule has 9 nitrogen and oxygen atoms in total. The zero-order chi connectivity index (χ0) is 29.6. The van der Waals surface area contributed by atoms with Crippen molar-refractivity contribution in [1.82, 2.24) is 25.2 Å². The molecule has 1 aliphatic heterocycles. The topological polar surface area (TPSA) is 104 Å². The van der Waals surface area contributed by atoms with Gasteiger partial charge < -0.3 is 25.1 Å². The molecule has 3 aromatic carbocycles.